The van der Waals surface area contributed by atoms with E-state index in [4.69, 9.17) is 9.84 Å². The van der Waals surface area contributed by atoms with Gasteiger partial charge in [-0.05, 0) is 26.5 Å². The summed E-state index contributed by atoms with van der Waals surface area (Å²) < 4.78 is 5.44. The summed E-state index contributed by atoms with van der Waals surface area (Å²) in [5, 5.41) is 8.55. The van der Waals surface area contributed by atoms with Crippen molar-refractivity contribution in [3.63, 3.8) is 0 Å². The van der Waals surface area contributed by atoms with Crippen LogP contribution in [-0.2, 0) is 11.3 Å². The molecule has 0 fully saturated rings. The number of methoxy groups -OCH3 is 1. The number of aryl methyl sites for hydroxylation is 2. The molecule has 1 rings (SSSR count). The van der Waals surface area contributed by atoms with Gasteiger partial charge < -0.3 is 9.84 Å². The predicted molar refractivity (Wildman–Crippen MR) is 75.6 cm³/mol. The minimum absolute atomic E-state index is 0.586. The van der Waals surface area contributed by atoms with E-state index in [9.17, 15) is 4.79 Å². The topological polar surface area (TPSA) is 49.8 Å². The molecular formula is C15H21NO3. The quantitative estimate of drug-likeness (QED) is 0.801. The number of nitrogens with zero attached hydrogens (tertiary/aromatic N) is 1. The van der Waals surface area contributed by atoms with Crippen LogP contribution in [0, 0.1) is 13.8 Å². The smallest absolute Gasteiger partial charge is 0.328 e. The lowest BCUT2D eigenvalue weighted by Crippen LogP contribution is -2.18. The van der Waals surface area contributed by atoms with Crippen molar-refractivity contribution in [2.45, 2.75) is 20.4 Å². The number of carboxylic acid groups (broad SMARTS) is 1. The standard InChI is InChI=1S/C15H21NO3/c1-11-8-12(2)15(19-4)13(9-11)10-16(3)7-5-6-14(17)18/h5-6,8-9H,7,10H2,1-4H3,(H,17,18)/b6-5+. The molecule has 4 heteroatoms. The number of hydrogen-bond donors (Lipinski definition) is 1. The molecule has 0 spiro atoms. The molecule has 0 unspecified atom stereocenters. The van der Waals surface area contributed by atoms with Gasteiger partial charge in [-0.3, -0.25) is 4.90 Å². The summed E-state index contributed by atoms with van der Waals surface area (Å²) in [6, 6.07) is 4.19. The van der Waals surface area contributed by atoms with E-state index >= 15 is 0 Å². The molecule has 0 radical (unpaired) electrons. The number of carboxylic acids is 1. The van der Waals surface area contributed by atoms with E-state index in [0.29, 0.717) is 6.54 Å². The van der Waals surface area contributed by atoms with Crippen molar-refractivity contribution in [2.24, 2.45) is 0 Å². The van der Waals surface area contributed by atoms with Gasteiger partial charge in [0.1, 0.15) is 5.75 Å². The predicted octanol–water partition coefficient (Wildman–Crippen LogP) is 2.38. The van der Waals surface area contributed by atoms with E-state index in [2.05, 4.69) is 19.1 Å². The molecule has 1 aromatic rings. The van der Waals surface area contributed by atoms with Crippen LogP contribution in [0.1, 0.15) is 16.7 Å². The van der Waals surface area contributed by atoms with Gasteiger partial charge in [0, 0.05) is 24.7 Å². The van der Waals surface area contributed by atoms with Crippen molar-refractivity contribution < 1.29 is 14.6 Å². The second-order valence-corrected chi connectivity index (χ2v) is 4.71. The molecule has 0 aliphatic carbocycles. The first kappa shape index (κ1) is 15.2. The Morgan fingerprint density at radius 1 is 1.42 bits per heavy atom. The summed E-state index contributed by atoms with van der Waals surface area (Å²) >= 11 is 0. The normalized spacial score (nSPS) is 11.2. The van der Waals surface area contributed by atoms with Crippen LogP contribution in [0.15, 0.2) is 24.3 Å². The molecule has 0 aromatic heterocycles. The molecular weight excluding hydrogens is 242 g/mol. The van der Waals surface area contributed by atoms with Crippen LogP contribution in [0.5, 0.6) is 5.75 Å². The van der Waals surface area contributed by atoms with E-state index in [1.807, 2.05) is 18.9 Å². The number of rotatable bonds is 6. The lowest BCUT2D eigenvalue weighted by atomic mass is 10.1. The van der Waals surface area contributed by atoms with E-state index in [-0.39, 0.29) is 0 Å². The summed E-state index contributed by atoms with van der Waals surface area (Å²) in [6.07, 6.45) is 2.80. The Kier molecular flexibility index (Phi) is 5.57. The number of ether oxygens (including phenoxy) is 1. The summed E-state index contributed by atoms with van der Waals surface area (Å²) in [7, 11) is 3.62. The zero-order chi connectivity index (χ0) is 14.4. The summed E-state index contributed by atoms with van der Waals surface area (Å²) in [4.78, 5) is 12.4. The second-order valence-electron chi connectivity index (χ2n) is 4.71. The van der Waals surface area contributed by atoms with Gasteiger partial charge in [-0.15, -0.1) is 0 Å². The first-order chi connectivity index (χ1) is 8.93. The molecule has 19 heavy (non-hydrogen) atoms. The highest BCUT2D eigenvalue weighted by molar-refractivity contribution is 5.79. The van der Waals surface area contributed by atoms with Crippen LogP contribution < -0.4 is 4.74 Å². The Morgan fingerprint density at radius 3 is 2.68 bits per heavy atom. The largest absolute Gasteiger partial charge is 0.496 e. The monoisotopic (exact) mass is 263 g/mol. The van der Waals surface area contributed by atoms with Gasteiger partial charge in [-0.25, -0.2) is 4.79 Å². The van der Waals surface area contributed by atoms with Crippen LogP contribution in [0.4, 0.5) is 0 Å². The Hall–Kier alpha value is -1.81. The summed E-state index contributed by atoms with van der Waals surface area (Å²) in [5.74, 6) is -0.0166. The maximum Gasteiger partial charge on any atom is 0.328 e. The maximum absolute atomic E-state index is 10.4. The zero-order valence-corrected chi connectivity index (χ0v) is 11.9. The van der Waals surface area contributed by atoms with Crippen molar-refractivity contribution in [1.29, 1.82) is 0 Å². The number of likely N-dealkylation sites (N-methyl/N-ethyl adjacent to an activating group) is 1. The zero-order valence-electron chi connectivity index (χ0n) is 11.9. The van der Waals surface area contributed by atoms with Gasteiger partial charge >= 0.3 is 5.97 Å². The fraction of sp³-hybridized carbons (Fsp3) is 0.400. The Labute approximate surface area is 114 Å². The van der Waals surface area contributed by atoms with Crippen molar-refractivity contribution in [2.75, 3.05) is 20.7 Å². The number of benzene rings is 1. The van der Waals surface area contributed by atoms with Crippen LogP contribution >= 0.6 is 0 Å². The Balaban J connectivity index is 2.78. The van der Waals surface area contributed by atoms with E-state index in [1.54, 1.807) is 13.2 Å². The second kappa shape index (κ2) is 6.95. The highest BCUT2D eigenvalue weighted by Crippen LogP contribution is 2.25. The lowest BCUT2D eigenvalue weighted by molar-refractivity contribution is -0.131. The van der Waals surface area contributed by atoms with Crippen LogP contribution in [0.3, 0.4) is 0 Å². The minimum atomic E-state index is -0.919. The molecule has 0 bridgehead atoms. The van der Waals surface area contributed by atoms with Gasteiger partial charge in [0.25, 0.3) is 0 Å². The minimum Gasteiger partial charge on any atom is -0.496 e. The van der Waals surface area contributed by atoms with Crippen molar-refractivity contribution in [1.82, 2.24) is 4.90 Å². The SMILES string of the molecule is COc1c(C)cc(C)cc1CN(C)C/C=C/C(=O)O. The van der Waals surface area contributed by atoms with Gasteiger partial charge in [-0.2, -0.15) is 0 Å². The lowest BCUT2D eigenvalue weighted by Gasteiger charge is -2.18. The number of hydrogen-bond acceptors (Lipinski definition) is 3. The first-order valence-corrected chi connectivity index (χ1v) is 6.16. The van der Waals surface area contributed by atoms with E-state index in [1.165, 1.54) is 5.56 Å². The van der Waals surface area contributed by atoms with Gasteiger partial charge in [0.15, 0.2) is 0 Å². The van der Waals surface area contributed by atoms with Crippen LogP contribution in [-0.4, -0.2) is 36.7 Å². The summed E-state index contributed by atoms with van der Waals surface area (Å²) in [6.45, 7) is 5.39. The third-order valence-corrected chi connectivity index (χ3v) is 2.82. The molecule has 0 atom stereocenters. The molecule has 4 nitrogen and oxygen atoms in total. The molecule has 1 N–H and O–H groups in total. The van der Waals surface area contributed by atoms with E-state index in [0.717, 1.165) is 29.5 Å². The van der Waals surface area contributed by atoms with Gasteiger partial charge in [0.2, 0.25) is 0 Å². The fourth-order valence-electron chi connectivity index (χ4n) is 2.14. The van der Waals surface area contributed by atoms with Crippen molar-refractivity contribution in [3.05, 3.63) is 41.0 Å². The summed E-state index contributed by atoms with van der Waals surface area (Å²) in [5.41, 5.74) is 3.43. The van der Waals surface area contributed by atoms with Gasteiger partial charge in [0.05, 0.1) is 7.11 Å². The third-order valence-electron chi connectivity index (χ3n) is 2.82. The van der Waals surface area contributed by atoms with Crippen molar-refractivity contribution >= 4 is 5.97 Å². The molecule has 0 heterocycles. The molecule has 0 aliphatic heterocycles. The number of carbonyl (C=O) groups is 1. The average molecular weight is 263 g/mol. The van der Waals surface area contributed by atoms with Gasteiger partial charge in [-0.1, -0.05) is 23.8 Å². The Bertz CT molecular complexity index is 481. The molecule has 1 aromatic carbocycles. The van der Waals surface area contributed by atoms with Crippen LogP contribution in [0.25, 0.3) is 0 Å². The average Bonchev–Trinajstić information content (AvgIpc) is 2.27. The first-order valence-electron chi connectivity index (χ1n) is 6.16. The highest BCUT2D eigenvalue weighted by Gasteiger charge is 2.09. The van der Waals surface area contributed by atoms with Crippen LogP contribution in [0.2, 0.25) is 0 Å². The van der Waals surface area contributed by atoms with Crippen molar-refractivity contribution in [3.8, 4) is 5.75 Å². The van der Waals surface area contributed by atoms with E-state index < -0.39 is 5.97 Å². The molecule has 0 aliphatic rings. The highest BCUT2D eigenvalue weighted by atomic mass is 16.5. The third kappa shape index (κ3) is 4.75. The Morgan fingerprint density at radius 2 is 2.11 bits per heavy atom. The number of aliphatic carboxylic acids is 1. The molecule has 104 valence electrons. The molecule has 0 amide bonds. The molecule has 0 saturated heterocycles. The molecule has 0 saturated carbocycles. The maximum atomic E-state index is 10.4. The fourth-order valence-corrected chi connectivity index (χ4v) is 2.14.